The molecule has 1 atom stereocenters. The second-order valence-corrected chi connectivity index (χ2v) is 9.21. The van der Waals surface area contributed by atoms with Crippen LogP contribution in [0.4, 0.5) is 5.69 Å². The molecule has 5 rings (SSSR count). The van der Waals surface area contributed by atoms with Gasteiger partial charge >= 0.3 is 0 Å². The molecule has 1 unspecified atom stereocenters. The highest BCUT2D eigenvalue weighted by Gasteiger charge is 2.32. The minimum Gasteiger partial charge on any atom is -0.449 e. The van der Waals surface area contributed by atoms with Gasteiger partial charge in [-0.15, -0.1) is 11.3 Å². The van der Waals surface area contributed by atoms with E-state index in [0.717, 1.165) is 6.42 Å². The maximum Gasteiger partial charge on any atom is 0.291 e. The normalized spacial score (nSPS) is 19.0. The van der Waals surface area contributed by atoms with E-state index in [9.17, 15) is 14.4 Å². The summed E-state index contributed by atoms with van der Waals surface area (Å²) in [4.78, 5) is 43.3. The molecule has 0 bridgehead atoms. The van der Waals surface area contributed by atoms with Crippen LogP contribution in [-0.4, -0.2) is 66.9 Å². The van der Waals surface area contributed by atoms with E-state index in [-0.39, 0.29) is 29.4 Å². The molecule has 2 fully saturated rings. The molecule has 2 aliphatic heterocycles. The lowest BCUT2D eigenvalue weighted by Crippen LogP contribution is -2.44. The van der Waals surface area contributed by atoms with Crippen molar-refractivity contribution in [3.05, 3.63) is 52.4 Å². The van der Waals surface area contributed by atoms with Crippen LogP contribution in [-0.2, 0) is 9.53 Å². The van der Waals surface area contributed by atoms with Crippen LogP contribution in [0.2, 0.25) is 0 Å². The van der Waals surface area contributed by atoms with Crippen molar-refractivity contribution >= 4 is 45.7 Å². The van der Waals surface area contributed by atoms with Crippen LogP contribution in [0.5, 0.6) is 0 Å². The highest BCUT2D eigenvalue weighted by molar-refractivity contribution is 7.12. The van der Waals surface area contributed by atoms with E-state index in [2.05, 4.69) is 5.32 Å². The second kappa shape index (κ2) is 9.36. The lowest BCUT2D eigenvalue weighted by molar-refractivity contribution is -0.121. The van der Waals surface area contributed by atoms with E-state index in [1.165, 1.54) is 11.3 Å². The molecule has 4 heterocycles. The lowest BCUT2D eigenvalue weighted by atomic mass is 9.96. The lowest BCUT2D eigenvalue weighted by Gasteiger charge is -2.31. The number of carbonyl (C=O) groups is 3. The number of ether oxygens (including phenoxy) is 1. The van der Waals surface area contributed by atoms with Gasteiger partial charge in [-0.1, -0.05) is 18.2 Å². The maximum absolute atomic E-state index is 13.3. The number of rotatable bonds is 4. The summed E-state index contributed by atoms with van der Waals surface area (Å²) in [6.07, 6.45) is 1.43. The largest absolute Gasteiger partial charge is 0.449 e. The molecule has 1 aromatic carbocycles. The van der Waals surface area contributed by atoms with Gasteiger partial charge in [0.05, 0.1) is 24.0 Å². The number of carbonyl (C=O) groups excluding carboxylic acids is 3. The first-order valence-electron chi connectivity index (χ1n) is 11.1. The van der Waals surface area contributed by atoms with Gasteiger partial charge in [0.2, 0.25) is 11.7 Å². The van der Waals surface area contributed by atoms with E-state index >= 15 is 0 Å². The number of para-hydroxylation sites is 1. The van der Waals surface area contributed by atoms with Crippen molar-refractivity contribution in [3.8, 4) is 0 Å². The summed E-state index contributed by atoms with van der Waals surface area (Å²) < 4.78 is 11.3. The molecule has 0 saturated carbocycles. The van der Waals surface area contributed by atoms with Crippen molar-refractivity contribution in [2.45, 2.75) is 12.8 Å². The van der Waals surface area contributed by atoms with Crippen molar-refractivity contribution in [2.24, 2.45) is 5.92 Å². The Hall–Kier alpha value is -3.17. The van der Waals surface area contributed by atoms with Crippen LogP contribution in [0.3, 0.4) is 0 Å². The molecular formula is C24H25N3O5S. The Morgan fingerprint density at radius 2 is 1.79 bits per heavy atom. The Balaban J connectivity index is 1.37. The second-order valence-electron chi connectivity index (χ2n) is 8.26. The molecule has 2 aromatic heterocycles. The average molecular weight is 468 g/mol. The molecule has 0 aliphatic carbocycles. The molecule has 8 nitrogen and oxygen atoms in total. The molecule has 33 heavy (non-hydrogen) atoms. The van der Waals surface area contributed by atoms with Gasteiger partial charge in [-0.2, -0.15) is 0 Å². The number of morpholine rings is 1. The van der Waals surface area contributed by atoms with E-state index in [0.29, 0.717) is 67.3 Å². The number of nitrogens with zero attached hydrogens (tertiary/aromatic N) is 2. The number of anilines is 1. The van der Waals surface area contributed by atoms with Gasteiger partial charge in [-0.3, -0.25) is 14.4 Å². The molecule has 9 heteroatoms. The molecular weight excluding hydrogens is 442 g/mol. The number of thiophene rings is 1. The summed E-state index contributed by atoms with van der Waals surface area (Å²) in [5.74, 6) is -0.736. The molecule has 1 N–H and O–H groups in total. The number of hydrogen-bond donors (Lipinski definition) is 1. The summed E-state index contributed by atoms with van der Waals surface area (Å²) in [6, 6.07) is 10.9. The molecule has 172 valence electrons. The molecule has 3 aromatic rings. The molecule has 0 radical (unpaired) electrons. The first-order chi connectivity index (χ1) is 16.1. The smallest absolute Gasteiger partial charge is 0.291 e. The first kappa shape index (κ1) is 21.7. The first-order valence-corrected chi connectivity index (χ1v) is 12.0. The minimum atomic E-state index is -0.359. The van der Waals surface area contributed by atoms with Gasteiger partial charge < -0.3 is 24.3 Å². The van der Waals surface area contributed by atoms with E-state index in [1.54, 1.807) is 21.9 Å². The van der Waals surface area contributed by atoms with Crippen LogP contribution in [0.25, 0.3) is 11.0 Å². The SMILES string of the molecule is O=C(Nc1c(C(=O)N2CCOCC2)oc2ccccc12)C1CCCN(C(=O)c2cccs2)C1. The quantitative estimate of drug-likeness (QED) is 0.635. The van der Waals surface area contributed by atoms with Crippen molar-refractivity contribution < 1.29 is 23.5 Å². The summed E-state index contributed by atoms with van der Waals surface area (Å²) in [6.45, 7) is 2.89. The Morgan fingerprint density at radius 1 is 0.970 bits per heavy atom. The van der Waals surface area contributed by atoms with Crippen molar-refractivity contribution in [3.63, 3.8) is 0 Å². The fourth-order valence-corrected chi connectivity index (χ4v) is 5.08. The zero-order valence-electron chi connectivity index (χ0n) is 18.1. The monoisotopic (exact) mass is 467 g/mol. The Morgan fingerprint density at radius 3 is 2.58 bits per heavy atom. The topological polar surface area (TPSA) is 92.1 Å². The Bertz CT molecular complexity index is 1170. The third-order valence-electron chi connectivity index (χ3n) is 6.15. The molecule has 2 saturated heterocycles. The zero-order chi connectivity index (χ0) is 22.8. The number of hydrogen-bond acceptors (Lipinski definition) is 6. The number of furan rings is 1. The summed E-state index contributed by atoms with van der Waals surface area (Å²) in [5, 5.41) is 5.53. The van der Waals surface area contributed by atoms with Gasteiger partial charge in [-0.25, -0.2) is 0 Å². The minimum absolute atomic E-state index is 0.0422. The highest BCUT2D eigenvalue weighted by atomic mass is 32.1. The number of benzene rings is 1. The van der Waals surface area contributed by atoms with Crippen LogP contribution in [0.15, 0.2) is 46.2 Å². The zero-order valence-corrected chi connectivity index (χ0v) is 18.9. The fraction of sp³-hybridized carbons (Fsp3) is 0.375. The van der Waals surface area contributed by atoms with Gasteiger partial charge in [0.15, 0.2) is 0 Å². The van der Waals surface area contributed by atoms with Gasteiger partial charge in [0, 0.05) is 31.6 Å². The Labute approximate surface area is 195 Å². The number of piperidine rings is 1. The maximum atomic E-state index is 13.3. The Kier molecular flexibility index (Phi) is 6.15. The fourth-order valence-electron chi connectivity index (χ4n) is 4.39. The number of likely N-dealkylation sites (tertiary alicyclic amines) is 1. The van der Waals surface area contributed by atoms with Crippen molar-refractivity contribution in [1.82, 2.24) is 9.80 Å². The summed E-state index contributed by atoms with van der Waals surface area (Å²) in [5.41, 5.74) is 0.941. The van der Waals surface area contributed by atoms with Crippen molar-refractivity contribution in [2.75, 3.05) is 44.7 Å². The standard InChI is InChI=1S/C24H25N3O5S/c28-22(16-5-3-9-27(15-16)23(29)19-8-4-14-33-19)25-20-17-6-1-2-7-18(17)32-21(20)24(30)26-10-12-31-13-11-26/h1-2,4,6-8,14,16H,3,5,9-13,15H2,(H,25,28). The summed E-state index contributed by atoms with van der Waals surface area (Å²) >= 11 is 1.40. The third kappa shape index (κ3) is 4.38. The van der Waals surface area contributed by atoms with Crippen LogP contribution in [0, 0.1) is 5.92 Å². The molecule has 2 aliphatic rings. The van der Waals surface area contributed by atoms with E-state index in [1.807, 2.05) is 29.6 Å². The number of fused-ring (bicyclic) bond motifs is 1. The van der Waals surface area contributed by atoms with E-state index < -0.39 is 0 Å². The number of nitrogens with one attached hydrogen (secondary N) is 1. The van der Waals surface area contributed by atoms with Crippen LogP contribution in [0.1, 0.15) is 33.1 Å². The van der Waals surface area contributed by atoms with Crippen LogP contribution >= 0.6 is 11.3 Å². The average Bonchev–Trinajstić information content (AvgIpc) is 3.53. The van der Waals surface area contributed by atoms with Gasteiger partial charge in [0.1, 0.15) is 11.3 Å². The van der Waals surface area contributed by atoms with E-state index in [4.69, 9.17) is 9.15 Å². The summed E-state index contributed by atoms with van der Waals surface area (Å²) in [7, 11) is 0. The van der Waals surface area contributed by atoms with Gasteiger partial charge in [-0.05, 0) is 36.4 Å². The predicted molar refractivity (Wildman–Crippen MR) is 125 cm³/mol. The van der Waals surface area contributed by atoms with Crippen molar-refractivity contribution in [1.29, 1.82) is 0 Å². The number of amides is 3. The van der Waals surface area contributed by atoms with Crippen LogP contribution < -0.4 is 5.32 Å². The third-order valence-corrected chi connectivity index (χ3v) is 7.01. The van der Waals surface area contributed by atoms with Gasteiger partial charge in [0.25, 0.3) is 11.8 Å². The molecule has 0 spiro atoms. The molecule has 3 amide bonds. The highest BCUT2D eigenvalue weighted by Crippen LogP contribution is 2.33. The predicted octanol–water partition coefficient (Wildman–Crippen LogP) is 3.46.